The maximum atomic E-state index is 12.5. The molecule has 0 aliphatic rings. The molecule has 0 aliphatic carbocycles. The highest BCUT2D eigenvalue weighted by molar-refractivity contribution is 7.99. The summed E-state index contributed by atoms with van der Waals surface area (Å²) in [5, 5.41) is 18.2. The van der Waals surface area contributed by atoms with Gasteiger partial charge in [-0.25, -0.2) is 10.1 Å². The van der Waals surface area contributed by atoms with Gasteiger partial charge in [0, 0.05) is 17.7 Å². The van der Waals surface area contributed by atoms with Crippen LogP contribution in [0.25, 0.3) is 17.1 Å². The van der Waals surface area contributed by atoms with Crippen LogP contribution in [0.4, 0.5) is 0 Å². The van der Waals surface area contributed by atoms with Crippen LogP contribution < -0.4 is 5.43 Å². The molecule has 0 fully saturated rings. The Morgan fingerprint density at radius 1 is 1.05 bits per heavy atom. The summed E-state index contributed by atoms with van der Waals surface area (Å²) >= 11 is 1.34. The molecule has 0 aliphatic heterocycles. The Balaban J connectivity index is 1.38. The molecule has 0 bridgehead atoms. The molecule has 0 saturated carbocycles. The number of nitrogens with zero attached hydrogens (tertiary/aromatic N) is 6. The van der Waals surface area contributed by atoms with Crippen molar-refractivity contribution in [2.45, 2.75) is 58.7 Å². The summed E-state index contributed by atoms with van der Waals surface area (Å²) in [5.74, 6) is 0.763. The minimum atomic E-state index is -0.214. The Kier molecular flexibility index (Phi) is 7.92. The van der Waals surface area contributed by atoms with Gasteiger partial charge in [0.2, 0.25) is 0 Å². The zero-order chi connectivity index (χ0) is 26.6. The van der Waals surface area contributed by atoms with E-state index in [0.29, 0.717) is 11.7 Å². The van der Waals surface area contributed by atoms with Crippen LogP contribution in [0.5, 0.6) is 0 Å². The molecule has 8 nitrogen and oxygen atoms in total. The van der Waals surface area contributed by atoms with E-state index in [-0.39, 0.29) is 17.1 Å². The van der Waals surface area contributed by atoms with Gasteiger partial charge in [-0.2, -0.15) is 10.2 Å². The topological polar surface area (TPSA) is 90.0 Å². The first-order valence-electron chi connectivity index (χ1n) is 12.3. The lowest BCUT2D eigenvalue weighted by atomic mass is 9.87. The number of hydrogen-bond acceptors (Lipinski definition) is 6. The monoisotopic (exact) mass is 515 g/mol. The number of aryl methyl sites for hydroxylation is 1. The quantitative estimate of drug-likeness (QED) is 0.195. The number of hydrazone groups is 1. The number of hydrogen-bond donors (Lipinski definition) is 1. The van der Waals surface area contributed by atoms with Crippen LogP contribution in [-0.2, 0) is 16.8 Å². The molecule has 2 aromatic heterocycles. The van der Waals surface area contributed by atoms with Gasteiger partial charge in [-0.3, -0.25) is 4.79 Å². The van der Waals surface area contributed by atoms with Gasteiger partial charge in [0.25, 0.3) is 5.91 Å². The average molecular weight is 516 g/mol. The second-order valence-corrected chi connectivity index (χ2v) is 10.7. The number of benzene rings is 2. The summed E-state index contributed by atoms with van der Waals surface area (Å²) in [7, 11) is 0. The Labute approximate surface area is 222 Å². The summed E-state index contributed by atoms with van der Waals surface area (Å²) in [5.41, 5.74) is 8.63. The maximum Gasteiger partial charge on any atom is 0.250 e. The lowest BCUT2D eigenvalue weighted by Crippen LogP contribution is -2.20. The van der Waals surface area contributed by atoms with E-state index in [1.54, 1.807) is 6.21 Å². The van der Waals surface area contributed by atoms with Crippen LogP contribution in [0, 0.1) is 13.8 Å². The van der Waals surface area contributed by atoms with E-state index in [2.05, 4.69) is 70.9 Å². The van der Waals surface area contributed by atoms with E-state index in [0.717, 1.165) is 34.0 Å². The number of rotatable bonds is 8. The van der Waals surface area contributed by atoms with Gasteiger partial charge in [-0.1, -0.05) is 75.0 Å². The minimum absolute atomic E-state index is 0.0909. The molecular formula is C28H33N7OS. The minimum Gasteiger partial charge on any atom is -0.302 e. The van der Waals surface area contributed by atoms with Crippen LogP contribution in [-0.4, -0.2) is 42.4 Å². The van der Waals surface area contributed by atoms with E-state index < -0.39 is 0 Å². The number of carbonyl (C=O) groups is 1. The summed E-state index contributed by atoms with van der Waals surface area (Å²) < 4.78 is 3.90. The highest BCUT2D eigenvalue weighted by atomic mass is 32.2. The largest absolute Gasteiger partial charge is 0.302 e. The highest BCUT2D eigenvalue weighted by Crippen LogP contribution is 2.27. The Hall–Kier alpha value is -3.72. The molecule has 0 saturated heterocycles. The van der Waals surface area contributed by atoms with Crippen molar-refractivity contribution in [3.63, 3.8) is 0 Å². The highest BCUT2D eigenvalue weighted by Gasteiger charge is 2.17. The van der Waals surface area contributed by atoms with E-state index >= 15 is 0 Å². The smallest absolute Gasteiger partial charge is 0.250 e. The normalized spacial score (nSPS) is 11.8. The fourth-order valence-electron chi connectivity index (χ4n) is 4.01. The molecule has 2 heterocycles. The van der Waals surface area contributed by atoms with Crippen molar-refractivity contribution < 1.29 is 4.79 Å². The number of amides is 1. The molecule has 4 rings (SSSR count). The van der Waals surface area contributed by atoms with Gasteiger partial charge < -0.3 is 4.57 Å². The third-order valence-corrected chi connectivity index (χ3v) is 7.07. The molecule has 0 unspecified atom stereocenters. The van der Waals surface area contributed by atoms with Crippen molar-refractivity contribution in [2.75, 3.05) is 5.75 Å². The molecule has 4 aromatic rings. The van der Waals surface area contributed by atoms with E-state index in [1.165, 1.54) is 17.3 Å². The van der Waals surface area contributed by atoms with Crippen LogP contribution >= 0.6 is 11.8 Å². The SMILES string of the molecule is CCn1c(SCC(=O)N/N=C/c2c(C)nn(-c3ccccc3)c2C)nnc1-c1ccc(C(C)(C)C)cc1. The molecule has 37 heavy (non-hydrogen) atoms. The summed E-state index contributed by atoms with van der Waals surface area (Å²) in [6.45, 7) is 13.2. The lowest BCUT2D eigenvalue weighted by Gasteiger charge is -2.19. The number of carbonyl (C=O) groups excluding carboxylic acids is 1. The van der Waals surface area contributed by atoms with Crippen molar-refractivity contribution in [2.24, 2.45) is 5.10 Å². The molecule has 0 spiro atoms. The van der Waals surface area contributed by atoms with Gasteiger partial charge in [0.15, 0.2) is 11.0 Å². The van der Waals surface area contributed by atoms with E-state index in [9.17, 15) is 4.79 Å². The fourth-order valence-corrected chi connectivity index (χ4v) is 4.80. The lowest BCUT2D eigenvalue weighted by molar-refractivity contribution is -0.118. The van der Waals surface area contributed by atoms with Gasteiger partial charge in [0.05, 0.1) is 29.0 Å². The molecule has 1 N–H and O–H groups in total. The zero-order valence-corrected chi connectivity index (χ0v) is 23.0. The second kappa shape index (κ2) is 11.1. The number of para-hydroxylation sites is 1. The predicted octanol–water partition coefficient (Wildman–Crippen LogP) is 5.31. The molecule has 1 amide bonds. The van der Waals surface area contributed by atoms with Crippen LogP contribution in [0.3, 0.4) is 0 Å². The van der Waals surface area contributed by atoms with E-state index in [4.69, 9.17) is 0 Å². The second-order valence-electron chi connectivity index (χ2n) is 9.79. The summed E-state index contributed by atoms with van der Waals surface area (Å²) in [6.07, 6.45) is 1.65. The Bertz CT molecular complexity index is 1400. The van der Waals surface area contributed by atoms with Crippen LogP contribution in [0.15, 0.2) is 64.9 Å². The number of thioether (sulfide) groups is 1. The van der Waals surface area contributed by atoms with Gasteiger partial charge in [-0.05, 0) is 43.9 Å². The van der Waals surface area contributed by atoms with Crippen molar-refractivity contribution in [1.82, 2.24) is 30.0 Å². The fraction of sp³-hybridized carbons (Fsp3) is 0.321. The Morgan fingerprint density at radius 2 is 1.76 bits per heavy atom. The van der Waals surface area contributed by atoms with Gasteiger partial charge >= 0.3 is 0 Å². The number of nitrogens with one attached hydrogen (secondary N) is 1. The van der Waals surface area contributed by atoms with Crippen molar-refractivity contribution in [1.29, 1.82) is 0 Å². The van der Waals surface area contributed by atoms with Crippen molar-refractivity contribution >= 4 is 23.9 Å². The number of aromatic nitrogens is 5. The zero-order valence-electron chi connectivity index (χ0n) is 22.2. The standard InChI is InChI=1S/C28H33N7OS/c1-7-34-26(21-13-15-22(16-14-21)28(4,5)6)31-32-27(34)37-18-25(36)30-29-17-24-19(2)33-35(20(24)3)23-11-9-8-10-12-23/h8-17H,7,18H2,1-6H3,(H,30,36)/b29-17+. The molecule has 9 heteroatoms. The maximum absolute atomic E-state index is 12.5. The molecule has 2 aromatic carbocycles. The van der Waals surface area contributed by atoms with Crippen molar-refractivity contribution in [3.8, 4) is 17.1 Å². The van der Waals surface area contributed by atoms with Crippen LogP contribution in [0.2, 0.25) is 0 Å². The summed E-state index contributed by atoms with van der Waals surface area (Å²) in [4.78, 5) is 12.5. The summed E-state index contributed by atoms with van der Waals surface area (Å²) in [6, 6.07) is 18.4. The van der Waals surface area contributed by atoms with Crippen molar-refractivity contribution in [3.05, 3.63) is 77.1 Å². The molecule has 0 atom stereocenters. The third kappa shape index (κ3) is 5.99. The first-order chi connectivity index (χ1) is 17.7. The van der Waals surface area contributed by atoms with Gasteiger partial charge in [0.1, 0.15) is 0 Å². The third-order valence-electron chi connectivity index (χ3n) is 6.11. The average Bonchev–Trinajstić information content (AvgIpc) is 3.43. The van der Waals surface area contributed by atoms with Gasteiger partial charge in [-0.15, -0.1) is 10.2 Å². The molecule has 0 radical (unpaired) electrons. The predicted molar refractivity (Wildman–Crippen MR) is 149 cm³/mol. The molecular weight excluding hydrogens is 482 g/mol. The Morgan fingerprint density at radius 3 is 2.41 bits per heavy atom. The first kappa shape index (κ1) is 26.3. The molecule has 192 valence electrons. The first-order valence-corrected chi connectivity index (χ1v) is 13.3. The van der Waals surface area contributed by atoms with E-state index in [1.807, 2.05) is 60.4 Å². The van der Waals surface area contributed by atoms with Crippen LogP contribution in [0.1, 0.15) is 50.2 Å².